The SMILES string of the molecule is Cn1c2c(c(=O)n(C)c1=O)CN(C1CCN(Cc3ccccc3)CC1)CN2. The molecule has 0 spiro atoms. The van der Waals surface area contributed by atoms with Crippen LogP contribution >= 0.6 is 0 Å². The first-order valence-corrected chi connectivity index (χ1v) is 9.57. The van der Waals surface area contributed by atoms with Gasteiger partial charge in [0.25, 0.3) is 5.56 Å². The Morgan fingerprint density at radius 3 is 2.44 bits per heavy atom. The van der Waals surface area contributed by atoms with Gasteiger partial charge in [-0.2, -0.15) is 0 Å². The van der Waals surface area contributed by atoms with E-state index in [0.29, 0.717) is 30.6 Å². The van der Waals surface area contributed by atoms with Gasteiger partial charge in [-0.15, -0.1) is 0 Å². The molecule has 1 N–H and O–H groups in total. The monoisotopic (exact) mass is 369 g/mol. The van der Waals surface area contributed by atoms with Gasteiger partial charge < -0.3 is 5.32 Å². The van der Waals surface area contributed by atoms with Crippen LogP contribution in [0.15, 0.2) is 39.9 Å². The zero-order chi connectivity index (χ0) is 19.0. The van der Waals surface area contributed by atoms with Crippen molar-refractivity contribution in [3.8, 4) is 0 Å². The van der Waals surface area contributed by atoms with Gasteiger partial charge in [-0.3, -0.25) is 23.7 Å². The zero-order valence-electron chi connectivity index (χ0n) is 16.0. The molecule has 4 rings (SSSR count). The fourth-order valence-corrected chi connectivity index (χ4v) is 4.26. The lowest BCUT2D eigenvalue weighted by molar-refractivity contribution is 0.101. The van der Waals surface area contributed by atoms with Crippen molar-refractivity contribution in [1.82, 2.24) is 18.9 Å². The Morgan fingerprint density at radius 1 is 1.04 bits per heavy atom. The molecule has 144 valence electrons. The zero-order valence-corrected chi connectivity index (χ0v) is 16.0. The molecular formula is C20H27N5O2. The average molecular weight is 369 g/mol. The summed E-state index contributed by atoms with van der Waals surface area (Å²) in [5.74, 6) is 0.667. The number of rotatable bonds is 3. The van der Waals surface area contributed by atoms with E-state index in [-0.39, 0.29) is 11.2 Å². The average Bonchev–Trinajstić information content (AvgIpc) is 2.71. The maximum Gasteiger partial charge on any atom is 0.332 e. The van der Waals surface area contributed by atoms with Gasteiger partial charge in [0.05, 0.1) is 12.2 Å². The minimum atomic E-state index is -0.283. The molecule has 0 radical (unpaired) electrons. The Morgan fingerprint density at radius 2 is 1.74 bits per heavy atom. The fourth-order valence-electron chi connectivity index (χ4n) is 4.26. The Hall–Kier alpha value is -2.38. The number of piperidine rings is 1. The standard InChI is InChI=1S/C20H27N5O2/c1-22-18-17(19(26)23(2)20(22)27)13-25(14-21-18)16-8-10-24(11-9-16)12-15-6-4-3-5-7-15/h3-7,16,21H,8-14H2,1-2H3. The van der Waals surface area contributed by atoms with Gasteiger partial charge in [0, 0.05) is 33.2 Å². The lowest BCUT2D eigenvalue weighted by Crippen LogP contribution is -2.51. The van der Waals surface area contributed by atoms with Crippen molar-refractivity contribution in [3.05, 3.63) is 62.3 Å². The summed E-state index contributed by atoms with van der Waals surface area (Å²) in [5, 5.41) is 3.30. The van der Waals surface area contributed by atoms with Crippen molar-refractivity contribution in [2.24, 2.45) is 14.1 Å². The third-order valence-electron chi connectivity index (χ3n) is 5.89. The first-order valence-electron chi connectivity index (χ1n) is 9.57. The molecule has 0 saturated carbocycles. The molecule has 0 unspecified atom stereocenters. The van der Waals surface area contributed by atoms with Crippen LogP contribution < -0.4 is 16.6 Å². The highest BCUT2D eigenvalue weighted by molar-refractivity contribution is 5.45. The van der Waals surface area contributed by atoms with Crippen LogP contribution in [0.25, 0.3) is 0 Å². The topological polar surface area (TPSA) is 62.5 Å². The van der Waals surface area contributed by atoms with E-state index >= 15 is 0 Å². The van der Waals surface area contributed by atoms with Crippen LogP contribution in [-0.2, 0) is 27.2 Å². The van der Waals surface area contributed by atoms with E-state index in [1.54, 1.807) is 14.1 Å². The highest BCUT2D eigenvalue weighted by Crippen LogP contribution is 2.24. The van der Waals surface area contributed by atoms with Gasteiger partial charge >= 0.3 is 5.69 Å². The lowest BCUT2D eigenvalue weighted by atomic mass is 10.0. The van der Waals surface area contributed by atoms with Crippen molar-refractivity contribution in [1.29, 1.82) is 0 Å². The van der Waals surface area contributed by atoms with Gasteiger partial charge in [-0.25, -0.2) is 4.79 Å². The van der Waals surface area contributed by atoms with Crippen LogP contribution in [-0.4, -0.2) is 44.7 Å². The van der Waals surface area contributed by atoms with E-state index < -0.39 is 0 Å². The van der Waals surface area contributed by atoms with Gasteiger partial charge in [0.2, 0.25) is 0 Å². The van der Waals surface area contributed by atoms with Crippen LogP contribution in [0, 0.1) is 0 Å². The van der Waals surface area contributed by atoms with Gasteiger partial charge in [0.15, 0.2) is 0 Å². The van der Waals surface area contributed by atoms with E-state index in [1.165, 1.54) is 14.7 Å². The van der Waals surface area contributed by atoms with Gasteiger partial charge in [-0.05, 0) is 31.5 Å². The second-order valence-corrected chi connectivity index (χ2v) is 7.61. The first kappa shape index (κ1) is 18.0. The molecule has 2 aliphatic heterocycles. The summed E-state index contributed by atoms with van der Waals surface area (Å²) in [6, 6.07) is 11.0. The number of benzene rings is 1. The molecule has 27 heavy (non-hydrogen) atoms. The predicted molar refractivity (Wildman–Crippen MR) is 106 cm³/mol. The number of nitrogens with one attached hydrogen (secondary N) is 1. The van der Waals surface area contributed by atoms with Crippen molar-refractivity contribution in [2.75, 3.05) is 25.1 Å². The van der Waals surface area contributed by atoms with E-state index in [0.717, 1.165) is 32.5 Å². The van der Waals surface area contributed by atoms with E-state index in [4.69, 9.17) is 0 Å². The van der Waals surface area contributed by atoms with Crippen LogP contribution in [0.4, 0.5) is 5.82 Å². The normalized spacial score (nSPS) is 18.9. The van der Waals surface area contributed by atoms with Crippen molar-refractivity contribution in [3.63, 3.8) is 0 Å². The van der Waals surface area contributed by atoms with Crippen molar-refractivity contribution < 1.29 is 0 Å². The number of hydrogen-bond donors (Lipinski definition) is 1. The molecule has 1 saturated heterocycles. The molecule has 0 aliphatic carbocycles. The van der Waals surface area contributed by atoms with Crippen molar-refractivity contribution in [2.45, 2.75) is 32.0 Å². The van der Waals surface area contributed by atoms with Gasteiger partial charge in [-0.1, -0.05) is 30.3 Å². The summed E-state index contributed by atoms with van der Waals surface area (Å²) in [5.41, 5.74) is 1.58. The summed E-state index contributed by atoms with van der Waals surface area (Å²) in [6.07, 6.45) is 2.19. The van der Waals surface area contributed by atoms with E-state index in [2.05, 4.69) is 45.4 Å². The number of likely N-dealkylation sites (tertiary alicyclic amines) is 1. The highest BCUT2D eigenvalue weighted by atomic mass is 16.2. The molecule has 0 bridgehead atoms. The number of aromatic nitrogens is 2. The molecule has 1 aromatic carbocycles. The molecule has 1 fully saturated rings. The largest absolute Gasteiger partial charge is 0.358 e. The molecule has 3 heterocycles. The Kier molecular flexibility index (Phi) is 4.88. The Balaban J connectivity index is 1.42. The van der Waals surface area contributed by atoms with Crippen LogP contribution in [0.1, 0.15) is 24.0 Å². The maximum atomic E-state index is 12.5. The first-order chi connectivity index (χ1) is 13.0. The minimum absolute atomic E-state index is 0.188. The molecule has 7 heteroatoms. The molecule has 2 aromatic rings. The lowest BCUT2D eigenvalue weighted by Gasteiger charge is -2.41. The quantitative estimate of drug-likeness (QED) is 0.872. The number of hydrogen-bond acceptors (Lipinski definition) is 5. The number of anilines is 1. The third kappa shape index (κ3) is 3.44. The highest BCUT2D eigenvalue weighted by Gasteiger charge is 2.30. The summed E-state index contributed by atoms with van der Waals surface area (Å²) in [7, 11) is 3.26. The molecule has 0 atom stereocenters. The van der Waals surface area contributed by atoms with Crippen LogP contribution in [0.3, 0.4) is 0 Å². The molecule has 1 aromatic heterocycles. The third-order valence-corrected chi connectivity index (χ3v) is 5.89. The molecule has 7 nitrogen and oxygen atoms in total. The van der Waals surface area contributed by atoms with Crippen molar-refractivity contribution >= 4 is 5.82 Å². The second-order valence-electron chi connectivity index (χ2n) is 7.61. The second kappa shape index (κ2) is 7.32. The van der Waals surface area contributed by atoms with E-state index in [1.807, 2.05) is 0 Å². The maximum absolute atomic E-state index is 12.5. The molecular weight excluding hydrogens is 342 g/mol. The summed E-state index contributed by atoms with van der Waals surface area (Å²) in [6.45, 7) is 4.41. The summed E-state index contributed by atoms with van der Waals surface area (Å²) < 4.78 is 2.74. The Labute approximate surface area is 158 Å². The van der Waals surface area contributed by atoms with E-state index in [9.17, 15) is 9.59 Å². The van der Waals surface area contributed by atoms with Crippen LogP contribution in [0.5, 0.6) is 0 Å². The molecule has 0 amide bonds. The van der Waals surface area contributed by atoms with Gasteiger partial charge in [0.1, 0.15) is 5.82 Å². The Bertz CT molecular complexity index is 926. The number of fused-ring (bicyclic) bond motifs is 1. The van der Waals surface area contributed by atoms with Crippen LogP contribution in [0.2, 0.25) is 0 Å². The number of nitrogens with zero attached hydrogens (tertiary/aromatic N) is 4. The summed E-state index contributed by atoms with van der Waals surface area (Å²) in [4.78, 5) is 29.5. The minimum Gasteiger partial charge on any atom is -0.358 e. The fraction of sp³-hybridized carbons (Fsp3) is 0.500. The summed E-state index contributed by atoms with van der Waals surface area (Å²) >= 11 is 0. The smallest absolute Gasteiger partial charge is 0.332 e. The molecule has 2 aliphatic rings. The predicted octanol–water partition coefficient (Wildman–Crippen LogP) is 0.934.